The molecule has 8 heteroatoms. The lowest BCUT2D eigenvalue weighted by molar-refractivity contribution is 0.0527. The van der Waals surface area contributed by atoms with Gasteiger partial charge in [0, 0.05) is 5.56 Å². The number of carbonyl (C=O) groups excluding carboxylic acids is 3. The molecule has 0 aliphatic carbocycles. The van der Waals surface area contributed by atoms with Gasteiger partial charge in [-0.05, 0) is 44.0 Å². The molecule has 1 aromatic heterocycles. The second kappa shape index (κ2) is 9.89. The van der Waals surface area contributed by atoms with E-state index in [0.29, 0.717) is 23.5 Å². The normalized spacial score (nSPS) is 10.3. The maximum absolute atomic E-state index is 12.7. The molecule has 7 nitrogen and oxygen atoms in total. The highest BCUT2D eigenvalue weighted by molar-refractivity contribution is 7.18. The average Bonchev–Trinajstić information content (AvgIpc) is 3.02. The first kappa shape index (κ1) is 21.4. The van der Waals surface area contributed by atoms with E-state index in [1.165, 1.54) is 7.11 Å². The molecule has 28 heavy (non-hydrogen) atoms. The fourth-order valence-corrected chi connectivity index (χ4v) is 3.57. The predicted octanol–water partition coefficient (Wildman–Crippen LogP) is 4.06. The molecule has 0 bridgehead atoms. The van der Waals surface area contributed by atoms with Crippen molar-refractivity contribution in [1.82, 2.24) is 0 Å². The Kier molecular flexibility index (Phi) is 7.57. The van der Waals surface area contributed by atoms with Gasteiger partial charge in [0.25, 0.3) is 5.91 Å². The van der Waals surface area contributed by atoms with Crippen LogP contribution in [0.3, 0.4) is 0 Å². The van der Waals surface area contributed by atoms with E-state index in [9.17, 15) is 14.4 Å². The van der Waals surface area contributed by atoms with Crippen LogP contribution in [0.1, 0.15) is 56.2 Å². The van der Waals surface area contributed by atoms with E-state index in [1.807, 2.05) is 6.92 Å². The lowest BCUT2D eigenvalue weighted by Gasteiger charge is -2.09. The van der Waals surface area contributed by atoms with Crippen LogP contribution in [0.15, 0.2) is 24.3 Å². The number of esters is 2. The Labute approximate surface area is 167 Å². The van der Waals surface area contributed by atoms with E-state index in [0.717, 1.165) is 17.8 Å². The quantitative estimate of drug-likeness (QED) is 0.666. The smallest absolute Gasteiger partial charge is 0.348 e. The highest BCUT2D eigenvalue weighted by Crippen LogP contribution is 2.34. The number of ether oxygens (including phenoxy) is 3. The monoisotopic (exact) mass is 405 g/mol. The molecule has 0 aliphatic heterocycles. The van der Waals surface area contributed by atoms with Crippen molar-refractivity contribution in [1.29, 1.82) is 0 Å². The lowest BCUT2D eigenvalue weighted by Crippen LogP contribution is -2.15. The van der Waals surface area contributed by atoms with Gasteiger partial charge >= 0.3 is 11.9 Å². The van der Waals surface area contributed by atoms with Crippen LogP contribution < -0.4 is 10.1 Å². The molecule has 2 rings (SSSR count). The van der Waals surface area contributed by atoms with Crippen LogP contribution in [0.25, 0.3) is 0 Å². The van der Waals surface area contributed by atoms with Gasteiger partial charge < -0.3 is 19.5 Å². The van der Waals surface area contributed by atoms with Crippen LogP contribution >= 0.6 is 11.3 Å². The van der Waals surface area contributed by atoms with Crippen LogP contribution in [0.2, 0.25) is 0 Å². The molecule has 1 heterocycles. The Bertz CT molecular complexity index is 874. The number of hydrogen-bond acceptors (Lipinski definition) is 7. The van der Waals surface area contributed by atoms with E-state index in [2.05, 4.69) is 5.32 Å². The van der Waals surface area contributed by atoms with Gasteiger partial charge in [-0.3, -0.25) is 4.79 Å². The third kappa shape index (κ3) is 4.89. The Morgan fingerprint density at radius 2 is 1.89 bits per heavy atom. The van der Waals surface area contributed by atoms with Gasteiger partial charge in [0.05, 0.1) is 25.9 Å². The third-order valence-electron chi connectivity index (χ3n) is 3.79. The maximum Gasteiger partial charge on any atom is 0.348 e. The van der Waals surface area contributed by atoms with Gasteiger partial charge in [-0.1, -0.05) is 13.0 Å². The van der Waals surface area contributed by atoms with Crippen LogP contribution in [0, 0.1) is 6.92 Å². The van der Waals surface area contributed by atoms with E-state index in [1.54, 1.807) is 38.1 Å². The fraction of sp³-hybridized carbons (Fsp3) is 0.350. The zero-order valence-electron chi connectivity index (χ0n) is 16.3. The molecule has 0 saturated carbocycles. The summed E-state index contributed by atoms with van der Waals surface area (Å²) in [5.41, 5.74) is 0.929. The molecule has 2 aromatic rings. The fourth-order valence-electron chi connectivity index (χ4n) is 2.46. The number of carbonyl (C=O) groups is 3. The van der Waals surface area contributed by atoms with Gasteiger partial charge in [-0.2, -0.15) is 0 Å². The van der Waals surface area contributed by atoms with E-state index >= 15 is 0 Å². The van der Waals surface area contributed by atoms with E-state index < -0.39 is 17.8 Å². The van der Waals surface area contributed by atoms with Gasteiger partial charge in [0.2, 0.25) is 0 Å². The average molecular weight is 405 g/mol. The number of amides is 1. The first-order valence-corrected chi connectivity index (χ1v) is 9.67. The summed E-state index contributed by atoms with van der Waals surface area (Å²) in [5, 5.41) is 2.94. The molecule has 0 saturated heterocycles. The number of nitrogens with one attached hydrogen (secondary N) is 1. The Morgan fingerprint density at radius 1 is 1.14 bits per heavy atom. The van der Waals surface area contributed by atoms with Crippen LogP contribution in [0.5, 0.6) is 5.75 Å². The summed E-state index contributed by atoms with van der Waals surface area (Å²) in [4.78, 5) is 37.3. The number of anilines is 1. The van der Waals surface area contributed by atoms with Crippen molar-refractivity contribution in [3.05, 3.63) is 45.8 Å². The summed E-state index contributed by atoms with van der Waals surface area (Å²) >= 11 is 0.976. The van der Waals surface area contributed by atoms with Crippen molar-refractivity contribution in [2.45, 2.75) is 27.2 Å². The summed E-state index contributed by atoms with van der Waals surface area (Å²) in [5.74, 6) is -1.03. The molecule has 0 atom stereocenters. The van der Waals surface area contributed by atoms with Crippen molar-refractivity contribution >= 4 is 34.2 Å². The Balaban J connectivity index is 2.35. The minimum atomic E-state index is -0.610. The van der Waals surface area contributed by atoms with Gasteiger partial charge in [-0.15, -0.1) is 11.3 Å². The summed E-state index contributed by atoms with van der Waals surface area (Å²) in [6, 6.07) is 6.74. The Morgan fingerprint density at radius 3 is 2.54 bits per heavy atom. The van der Waals surface area contributed by atoms with Crippen LogP contribution in [-0.4, -0.2) is 38.2 Å². The predicted molar refractivity (Wildman–Crippen MR) is 107 cm³/mol. The minimum Gasteiger partial charge on any atom is -0.494 e. The minimum absolute atomic E-state index is 0.152. The van der Waals surface area contributed by atoms with E-state index in [4.69, 9.17) is 14.2 Å². The number of methoxy groups -OCH3 is 1. The van der Waals surface area contributed by atoms with Crippen molar-refractivity contribution in [2.75, 3.05) is 25.6 Å². The molecule has 1 N–H and O–H groups in total. The van der Waals surface area contributed by atoms with Crippen molar-refractivity contribution < 1.29 is 28.6 Å². The number of hydrogen-bond donors (Lipinski definition) is 1. The first-order chi connectivity index (χ1) is 13.4. The van der Waals surface area contributed by atoms with Crippen LogP contribution in [0.4, 0.5) is 5.00 Å². The van der Waals surface area contributed by atoms with Crippen LogP contribution in [-0.2, 0) is 9.47 Å². The number of benzene rings is 1. The molecular formula is C20H23NO6S. The van der Waals surface area contributed by atoms with Crippen molar-refractivity contribution in [2.24, 2.45) is 0 Å². The Hall–Kier alpha value is -2.87. The first-order valence-electron chi connectivity index (χ1n) is 8.85. The zero-order chi connectivity index (χ0) is 20.7. The number of thiophene rings is 1. The molecule has 0 aliphatic rings. The van der Waals surface area contributed by atoms with E-state index in [-0.39, 0.29) is 22.0 Å². The lowest BCUT2D eigenvalue weighted by atomic mass is 10.1. The second-order valence-electron chi connectivity index (χ2n) is 5.80. The summed E-state index contributed by atoms with van der Waals surface area (Å²) in [6.07, 6.45) is 0.851. The molecule has 0 unspecified atom stereocenters. The van der Waals surface area contributed by atoms with Gasteiger partial charge in [0.1, 0.15) is 15.6 Å². The second-order valence-corrected chi connectivity index (χ2v) is 6.82. The molecule has 0 spiro atoms. The molecular weight excluding hydrogens is 382 g/mol. The largest absolute Gasteiger partial charge is 0.494 e. The molecule has 0 radical (unpaired) electrons. The third-order valence-corrected chi connectivity index (χ3v) is 4.98. The van der Waals surface area contributed by atoms with Gasteiger partial charge in [-0.25, -0.2) is 9.59 Å². The highest BCUT2D eigenvalue weighted by Gasteiger charge is 2.27. The van der Waals surface area contributed by atoms with Crippen molar-refractivity contribution in [3.8, 4) is 5.75 Å². The maximum atomic E-state index is 12.7. The molecule has 0 fully saturated rings. The zero-order valence-corrected chi connectivity index (χ0v) is 17.1. The SMILES string of the molecule is CCCOc1cccc(C(=O)Nc2sc(C(=O)OC)c(C)c2C(=O)OCC)c1. The summed E-state index contributed by atoms with van der Waals surface area (Å²) in [7, 11) is 1.26. The standard InChI is InChI=1S/C20H23NO6S/c1-5-10-27-14-9-7-8-13(11-14)17(22)21-18-15(19(23)26-6-2)12(3)16(28-18)20(24)25-4/h7-9,11H,5-6,10H2,1-4H3,(H,21,22). The summed E-state index contributed by atoms with van der Waals surface area (Å²) < 4.78 is 15.4. The number of rotatable bonds is 8. The highest BCUT2D eigenvalue weighted by atomic mass is 32.1. The van der Waals surface area contributed by atoms with Crippen molar-refractivity contribution in [3.63, 3.8) is 0 Å². The van der Waals surface area contributed by atoms with Gasteiger partial charge in [0.15, 0.2) is 0 Å². The topological polar surface area (TPSA) is 90.9 Å². The summed E-state index contributed by atoms with van der Waals surface area (Å²) in [6.45, 7) is 6.01. The molecule has 150 valence electrons. The molecule has 1 aromatic carbocycles. The molecule has 1 amide bonds.